The van der Waals surface area contributed by atoms with Crippen LogP contribution in [0.5, 0.6) is 0 Å². The summed E-state index contributed by atoms with van der Waals surface area (Å²) in [5.41, 5.74) is 5.67. The second-order valence-electron chi connectivity index (χ2n) is 5.71. The normalized spacial score (nSPS) is 19.9. The zero-order valence-electron chi connectivity index (χ0n) is 14.1. The maximum atomic E-state index is 12.9. The first kappa shape index (κ1) is 19.3. The summed E-state index contributed by atoms with van der Waals surface area (Å²) < 4.78 is 53.6. The van der Waals surface area contributed by atoms with Gasteiger partial charge in [0.05, 0.1) is 9.79 Å². The van der Waals surface area contributed by atoms with E-state index in [4.69, 9.17) is 5.73 Å². The Morgan fingerprint density at radius 3 is 2.38 bits per heavy atom. The number of benzene rings is 1. The lowest BCUT2D eigenvalue weighted by atomic mass is 10.2. The molecule has 24 heavy (non-hydrogen) atoms. The van der Waals surface area contributed by atoms with Crippen LogP contribution in [0.3, 0.4) is 0 Å². The van der Waals surface area contributed by atoms with Gasteiger partial charge in [0.15, 0.2) is 0 Å². The highest BCUT2D eigenvalue weighted by Gasteiger charge is 2.35. The third-order valence-electron chi connectivity index (χ3n) is 4.35. The second-order valence-corrected chi connectivity index (χ2v) is 9.54. The smallest absolute Gasteiger partial charge is 0.243 e. The fourth-order valence-corrected chi connectivity index (χ4v) is 6.33. The van der Waals surface area contributed by atoms with E-state index in [-0.39, 0.29) is 22.4 Å². The highest BCUT2D eigenvalue weighted by atomic mass is 32.2. The highest BCUT2D eigenvalue weighted by molar-refractivity contribution is 7.90. The largest absolute Gasteiger partial charge is 0.329 e. The summed E-state index contributed by atoms with van der Waals surface area (Å²) in [5.74, 6) is 0. The van der Waals surface area contributed by atoms with Crippen molar-refractivity contribution >= 4 is 20.0 Å². The maximum absolute atomic E-state index is 12.9. The minimum Gasteiger partial charge on any atom is -0.329 e. The minimum absolute atomic E-state index is 0.00363. The minimum atomic E-state index is -3.75. The molecule has 1 saturated heterocycles. The summed E-state index contributed by atoms with van der Waals surface area (Å²) in [6, 6.07) is 5.35. The Morgan fingerprint density at radius 2 is 1.79 bits per heavy atom. The van der Waals surface area contributed by atoms with Gasteiger partial charge in [0.25, 0.3) is 0 Å². The van der Waals surface area contributed by atoms with Crippen LogP contribution in [0.1, 0.15) is 26.7 Å². The van der Waals surface area contributed by atoms with Gasteiger partial charge in [-0.2, -0.15) is 8.61 Å². The van der Waals surface area contributed by atoms with Crippen LogP contribution in [0.2, 0.25) is 0 Å². The van der Waals surface area contributed by atoms with Crippen molar-refractivity contribution in [2.24, 2.45) is 5.73 Å². The van der Waals surface area contributed by atoms with Crippen molar-refractivity contribution in [1.82, 2.24) is 8.61 Å². The first-order valence-electron chi connectivity index (χ1n) is 8.11. The molecule has 0 amide bonds. The standard InChI is InChI=1S/C15H25N3O4S2/c1-3-17(4-2)23(19,20)14-8-5-9-15(11-14)24(21,22)18-10-6-7-13(18)12-16/h5,8-9,11,13H,3-4,6-7,10,12,16H2,1-2H3. The summed E-state index contributed by atoms with van der Waals surface area (Å²) in [6.45, 7) is 4.83. The predicted octanol–water partition coefficient (Wildman–Crippen LogP) is 0.829. The number of nitrogens with two attached hydrogens (primary N) is 1. The summed E-state index contributed by atoms with van der Waals surface area (Å²) in [4.78, 5) is -0.00754. The predicted molar refractivity (Wildman–Crippen MR) is 92.5 cm³/mol. The van der Waals surface area contributed by atoms with Crippen LogP contribution in [-0.4, -0.2) is 57.7 Å². The molecule has 1 aromatic rings. The van der Waals surface area contributed by atoms with Crippen molar-refractivity contribution in [3.8, 4) is 0 Å². The molecular formula is C15H25N3O4S2. The molecular weight excluding hydrogens is 350 g/mol. The molecule has 2 N–H and O–H groups in total. The Bertz CT molecular complexity index is 774. The molecule has 1 atom stereocenters. The molecule has 0 aromatic heterocycles. The molecule has 9 heteroatoms. The summed E-state index contributed by atoms with van der Waals surface area (Å²) >= 11 is 0. The molecule has 0 aliphatic carbocycles. The Hall–Kier alpha value is -1.00. The van der Waals surface area contributed by atoms with Crippen LogP contribution in [0.15, 0.2) is 34.1 Å². The summed E-state index contributed by atoms with van der Waals surface area (Å²) in [7, 11) is -7.45. The molecule has 0 radical (unpaired) electrons. The Morgan fingerprint density at radius 1 is 1.17 bits per heavy atom. The fourth-order valence-electron chi connectivity index (χ4n) is 3.00. The molecule has 1 heterocycles. The van der Waals surface area contributed by atoms with E-state index in [0.717, 1.165) is 12.8 Å². The van der Waals surface area contributed by atoms with Gasteiger partial charge in [-0.05, 0) is 31.0 Å². The number of nitrogens with zero attached hydrogens (tertiary/aromatic N) is 2. The van der Waals surface area contributed by atoms with E-state index in [1.54, 1.807) is 13.8 Å². The van der Waals surface area contributed by atoms with Gasteiger partial charge in [-0.15, -0.1) is 0 Å². The van der Waals surface area contributed by atoms with Crippen LogP contribution in [0, 0.1) is 0 Å². The van der Waals surface area contributed by atoms with Gasteiger partial charge in [-0.3, -0.25) is 0 Å². The Labute approximate surface area is 144 Å². The Kier molecular flexibility index (Phi) is 6.03. The lowest BCUT2D eigenvalue weighted by Gasteiger charge is -2.23. The van der Waals surface area contributed by atoms with Crippen LogP contribution in [0.4, 0.5) is 0 Å². The second kappa shape index (κ2) is 7.49. The van der Waals surface area contributed by atoms with Crippen LogP contribution in [0.25, 0.3) is 0 Å². The van der Waals surface area contributed by atoms with Crippen molar-refractivity contribution in [3.05, 3.63) is 24.3 Å². The summed E-state index contributed by atoms with van der Waals surface area (Å²) in [6.07, 6.45) is 1.49. The molecule has 0 spiro atoms. The summed E-state index contributed by atoms with van der Waals surface area (Å²) in [5, 5.41) is 0. The molecule has 1 aliphatic heterocycles. The van der Waals surface area contributed by atoms with E-state index in [1.807, 2.05) is 0 Å². The fraction of sp³-hybridized carbons (Fsp3) is 0.600. The lowest BCUT2D eigenvalue weighted by molar-refractivity contribution is 0.393. The first-order valence-corrected chi connectivity index (χ1v) is 11.0. The van der Waals surface area contributed by atoms with Crippen LogP contribution >= 0.6 is 0 Å². The molecule has 2 rings (SSSR count). The van der Waals surface area contributed by atoms with Crippen LogP contribution in [-0.2, 0) is 20.0 Å². The molecule has 0 saturated carbocycles. The molecule has 0 bridgehead atoms. The van der Waals surface area contributed by atoms with E-state index in [1.165, 1.54) is 32.9 Å². The van der Waals surface area contributed by atoms with Gasteiger partial charge in [0.2, 0.25) is 20.0 Å². The first-order chi connectivity index (χ1) is 11.3. The van der Waals surface area contributed by atoms with Crippen molar-refractivity contribution in [2.75, 3.05) is 26.2 Å². The number of rotatable bonds is 7. The molecule has 136 valence electrons. The van der Waals surface area contributed by atoms with E-state index in [9.17, 15) is 16.8 Å². The monoisotopic (exact) mass is 375 g/mol. The third kappa shape index (κ3) is 3.50. The average Bonchev–Trinajstić information content (AvgIpc) is 3.05. The van der Waals surface area contributed by atoms with E-state index >= 15 is 0 Å². The SMILES string of the molecule is CCN(CC)S(=O)(=O)c1cccc(S(=O)(=O)N2CCCC2CN)c1. The van der Waals surface area contributed by atoms with Crippen molar-refractivity contribution in [3.63, 3.8) is 0 Å². The zero-order chi connectivity index (χ0) is 18.0. The lowest BCUT2D eigenvalue weighted by Crippen LogP contribution is -2.40. The van der Waals surface area contributed by atoms with Gasteiger partial charge in [0, 0.05) is 32.2 Å². The van der Waals surface area contributed by atoms with Crippen LogP contribution < -0.4 is 5.73 Å². The third-order valence-corrected chi connectivity index (χ3v) is 8.34. The van der Waals surface area contributed by atoms with Gasteiger partial charge in [-0.25, -0.2) is 16.8 Å². The van der Waals surface area contributed by atoms with E-state index in [0.29, 0.717) is 19.6 Å². The maximum Gasteiger partial charge on any atom is 0.243 e. The van der Waals surface area contributed by atoms with Crippen molar-refractivity contribution in [2.45, 2.75) is 42.5 Å². The average molecular weight is 376 g/mol. The van der Waals surface area contributed by atoms with Crippen molar-refractivity contribution in [1.29, 1.82) is 0 Å². The van der Waals surface area contributed by atoms with E-state index in [2.05, 4.69) is 0 Å². The van der Waals surface area contributed by atoms with Gasteiger partial charge >= 0.3 is 0 Å². The number of hydrogen-bond acceptors (Lipinski definition) is 5. The number of hydrogen-bond donors (Lipinski definition) is 1. The molecule has 1 aliphatic rings. The van der Waals surface area contributed by atoms with Crippen molar-refractivity contribution < 1.29 is 16.8 Å². The molecule has 1 aromatic carbocycles. The van der Waals surface area contributed by atoms with Gasteiger partial charge in [-0.1, -0.05) is 19.9 Å². The Balaban J connectivity index is 2.44. The van der Waals surface area contributed by atoms with E-state index < -0.39 is 20.0 Å². The number of sulfonamides is 2. The van der Waals surface area contributed by atoms with Gasteiger partial charge < -0.3 is 5.73 Å². The molecule has 1 unspecified atom stereocenters. The topological polar surface area (TPSA) is 101 Å². The highest BCUT2D eigenvalue weighted by Crippen LogP contribution is 2.27. The molecule has 7 nitrogen and oxygen atoms in total. The quantitative estimate of drug-likeness (QED) is 0.761. The molecule has 1 fully saturated rings. The zero-order valence-corrected chi connectivity index (χ0v) is 15.7. The van der Waals surface area contributed by atoms with Gasteiger partial charge in [0.1, 0.15) is 0 Å².